The number of ether oxygens (including phenoxy) is 2. The lowest BCUT2D eigenvalue weighted by Crippen LogP contribution is -2.22. The number of methoxy groups -OCH3 is 1. The van der Waals surface area contributed by atoms with E-state index in [0.717, 1.165) is 36.1 Å². The number of carbonyl (C=O) groups is 3. The lowest BCUT2D eigenvalue weighted by Gasteiger charge is -2.11. The van der Waals surface area contributed by atoms with Gasteiger partial charge in [-0.1, -0.05) is 18.2 Å². The van der Waals surface area contributed by atoms with E-state index in [9.17, 15) is 14.4 Å². The van der Waals surface area contributed by atoms with Gasteiger partial charge in [-0.25, -0.2) is 4.79 Å². The molecule has 152 valence electrons. The monoisotopic (exact) mass is 414 g/mol. The Kier molecular flexibility index (Phi) is 6.66. The van der Waals surface area contributed by atoms with Gasteiger partial charge in [0.15, 0.2) is 6.61 Å². The minimum atomic E-state index is -0.661. The summed E-state index contributed by atoms with van der Waals surface area (Å²) in [6.07, 6.45) is 6.48. The van der Waals surface area contributed by atoms with Crippen LogP contribution in [-0.2, 0) is 27.2 Å². The average Bonchev–Trinajstić information content (AvgIpc) is 3.08. The van der Waals surface area contributed by atoms with Crippen molar-refractivity contribution in [2.75, 3.05) is 19.0 Å². The Hall–Kier alpha value is -3.13. The zero-order chi connectivity index (χ0) is 20.8. The molecule has 3 rings (SSSR count). The lowest BCUT2D eigenvalue weighted by atomic mass is 9.95. The first-order valence-corrected chi connectivity index (χ1v) is 10.0. The molecule has 29 heavy (non-hydrogen) atoms. The molecule has 0 atom stereocenters. The van der Waals surface area contributed by atoms with Gasteiger partial charge >= 0.3 is 5.97 Å². The van der Waals surface area contributed by atoms with E-state index in [1.54, 1.807) is 18.2 Å². The third-order valence-electron chi connectivity index (χ3n) is 4.55. The zero-order valence-corrected chi connectivity index (χ0v) is 16.8. The molecule has 0 aliphatic heterocycles. The number of nitrogens with two attached hydrogens (primary N) is 1. The third-order valence-corrected chi connectivity index (χ3v) is 5.76. The van der Waals surface area contributed by atoms with E-state index in [0.29, 0.717) is 21.9 Å². The van der Waals surface area contributed by atoms with Crippen molar-refractivity contribution in [2.24, 2.45) is 5.73 Å². The molecule has 0 unspecified atom stereocenters. The van der Waals surface area contributed by atoms with E-state index >= 15 is 0 Å². The van der Waals surface area contributed by atoms with Crippen LogP contribution in [0, 0.1) is 0 Å². The number of hydrogen-bond acceptors (Lipinski definition) is 6. The van der Waals surface area contributed by atoms with E-state index in [2.05, 4.69) is 5.32 Å². The largest absolute Gasteiger partial charge is 0.496 e. The van der Waals surface area contributed by atoms with Gasteiger partial charge in [0.25, 0.3) is 11.8 Å². The van der Waals surface area contributed by atoms with E-state index in [1.807, 2.05) is 12.1 Å². The predicted octanol–water partition coefficient (Wildman–Crippen LogP) is 2.93. The SMILES string of the molecule is COc1ccccc1/C=C/C(=O)OCC(=O)Nc1sc2c(c1C(N)=O)CCCC2. The van der Waals surface area contributed by atoms with Gasteiger partial charge < -0.3 is 20.5 Å². The quantitative estimate of drug-likeness (QED) is 0.535. The number of carbonyl (C=O) groups excluding carboxylic acids is 3. The number of hydrogen-bond donors (Lipinski definition) is 2. The van der Waals surface area contributed by atoms with Crippen molar-refractivity contribution in [3.63, 3.8) is 0 Å². The Balaban J connectivity index is 1.59. The molecule has 2 amide bonds. The summed E-state index contributed by atoms with van der Waals surface area (Å²) in [6.45, 7) is -0.462. The number of para-hydroxylation sites is 1. The first-order valence-electron chi connectivity index (χ1n) is 9.21. The zero-order valence-electron chi connectivity index (χ0n) is 16.0. The number of amides is 2. The molecule has 0 saturated carbocycles. The minimum Gasteiger partial charge on any atom is -0.496 e. The molecule has 0 radical (unpaired) electrons. The van der Waals surface area contributed by atoms with Crippen molar-refractivity contribution >= 4 is 40.2 Å². The number of primary amides is 1. The summed E-state index contributed by atoms with van der Waals surface area (Å²) in [5, 5.41) is 3.08. The molecule has 8 heteroatoms. The Morgan fingerprint density at radius 3 is 2.72 bits per heavy atom. The number of aryl methyl sites for hydroxylation is 1. The van der Waals surface area contributed by atoms with Crippen molar-refractivity contribution in [1.29, 1.82) is 0 Å². The van der Waals surface area contributed by atoms with E-state index in [-0.39, 0.29) is 0 Å². The molecule has 7 nitrogen and oxygen atoms in total. The number of thiophene rings is 1. The molecule has 3 N–H and O–H groups in total. The molecule has 0 saturated heterocycles. The van der Waals surface area contributed by atoms with Crippen molar-refractivity contribution < 1.29 is 23.9 Å². The Bertz CT molecular complexity index is 964. The van der Waals surface area contributed by atoms with Crippen LogP contribution in [0.5, 0.6) is 5.75 Å². The molecule has 0 fully saturated rings. The molecule has 1 heterocycles. The van der Waals surface area contributed by atoms with Gasteiger partial charge in [-0.05, 0) is 43.4 Å². The van der Waals surface area contributed by atoms with E-state index in [1.165, 1.54) is 24.5 Å². The highest BCUT2D eigenvalue weighted by Crippen LogP contribution is 2.37. The van der Waals surface area contributed by atoms with Crippen LogP contribution in [0.25, 0.3) is 6.08 Å². The van der Waals surface area contributed by atoms with Gasteiger partial charge in [0.2, 0.25) is 0 Å². The fraction of sp³-hybridized carbons (Fsp3) is 0.286. The van der Waals surface area contributed by atoms with E-state index < -0.39 is 24.4 Å². The number of rotatable bonds is 7. The van der Waals surface area contributed by atoms with Crippen molar-refractivity contribution in [1.82, 2.24) is 0 Å². The molecule has 1 aromatic heterocycles. The van der Waals surface area contributed by atoms with Gasteiger partial charge in [-0.2, -0.15) is 0 Å². The molecular weight excluding hydrogens is 392 g/mol. The second-order valence-electron chi connectivity index (χ2n) is 6.51. The summed E-state index contributed by atoms with van der Waals surface area (Å²) in [5.74, 6) is -1.12. The Labute approximate surface area is 172 Å². The Morgan fingerprint density at radius 2 is 1.97 bits per heavy atom. The smallest absolute Gasteiger partial charge is 0.331 e. The summed E-state index contributed by atoms with van der Waals surface area (Å²) in [5.41, 5.74) is 7.53. The summed E-state index contributed by atoms with van der Waals surface area (Å²) in [6, 6.07) is 7.20. The number of benzene rings is 1. The normalized spacial score (nSPS) is 13.0. The molecular formula is C21H22N2O5S. The van der Waals surface area contributed by atoms with Crippen LogP contribution in [0.3, 0.4) is 0 Å². The highest BCUT2D eigenvalue weighted by molar-refractivity contribution is 7.17. The highest BCUT2D eigenvalue weighted by Gasteiger charge is 2.25. The van der Waals surface area contributed by atoms with Gasteiger partial charge in [0.1, 0.15) is 10.8 Å². The van der Waals surface area contributed by atoms with Crippen LogP contribution < -0.4 is 15.8 Å². The topological polar surface area (TPSA) is 108 Å². The van der Waals surface area contributed by atoms with Crippen LogP contribution in [0.4, 0.5) is 5.00 Å². The van der Waals surface area contributed by atoms with Crippen LogP contribution in [0.1, 0.15) is 39.2 Å². The maximum Gasteiger partial charge on any atom is 0.331 e. The van der Waals surface area contributed by atoms with Crippen LogP contribution in [-0.4, -0.2) is 31.5 Å². The third kappa shape index (κ3) is 5.03. The minimum absolute atomic E-state index is 0.375. The average molecular weight is 414 g/mol. The van der Waals surface area contributed by atoms with Crippen LogP contribution >= 0.6 is 11.3 Å². The summed E-state index contributed by atoms with van der Waals surface area (Å²) < 4.78 is 10.2. The molecule has 0 spiro atoms. The van der Waals surface area contributed by atoms with Gasteiger partial charge in [0.05, 0.1) is 12.7 Å². The molecule has 1 aliphatic carbocycles. The van der Waals surface area contributed by atoms with Crippen LogP contribution in [0.2, 0.25) is 0 Å². The highest BCUT2D eigenvalue weighted by atomic mass is 32.1. The molecule has 2 aromatic rings. The maximum atomic E-state index is 12.2. The Morgan fingerprint density at radius 1 is 1.21 bits per heavy atom. The van der Waals surface area contributed by atoms with Crippen molar-refractivity contribution in [3.05, 3.63) is 51.9 Å². The van der Waals surface area contributed by atoms with Gasteiger partial charge in [-0.3, -0.25) is 9.59 Å². The molecule has 1 aromatic carbocycles. The first kappa shape index (κ1) is 20.6. The maximum absolute atomic E-state index is 12.2. The van der Waals surface area contributed by atoms with Crippen LogP contribution in [0.15, 0.2) is 30.3 Å². The fourth-order valence-electron chi connectivity index (χ4n) is 3.22. The summed E-state index contributed by atoms with van der Waals surface area (Å²) in [7, 11) is 1.54. The number of nitrogens with one attached hydrogen (secondary N) is 1. The van der Waals surface area contributed by atoms with Crippen molar-refractivity contribution in [2.45, 2.75) is 25.7 Å². The summed E-state index contributed by atoms with van der Waals surface area (Å²) in [4.78, 5) is 37.0. The van der Waals surface area contributed by atoms with Gasteiger partial charge in [-0.15, -0.1) is 11.3 Å². The molecule has 0 bridgehead atoms. The lowest BCUT2D eigenvalue weighted by molar-refractivity contribution is -0.142. The van der Waals surface area contributed by atoms with Gasteiger partial charge in [0, 0.05) is 16.5 Å². The first-order chi connectivity index (χ1) is 14.0. The standard InChI is InChI=1S/C21H22N2O5S/c1-27-15-8-4-2-6-13(15)10-11-18(25)28-12-17(24)23-21-19(20(22)26)14-7-3-5-9-16(14)29-21/h2,4,6,8,10-11H,3,5,7,9,12H2,1H3,(H2,22,26)(H,23,24)/b11-10+. The van der Waals surface area contributed by atoms with Crippen molar-refractivity contribution in [3.8, 4) is 5.75 Å². The predicted molar refractivity (Wildman–Crippen MR) is 111 cm³/mol. The second kappa shape index (κ2) is 9.38. The number of fused-ring (bicyclic) bond motifs is 1. The fourth-order valence-corrected chi connectivity index (χ4v) is 4.53. The number of anilines is 1. The van der Waals surface area contributed by atoms with E-state index in [4.69, 9.17) is 15.2 Å². The second-order valence-corrected chi connectivity index (χ2v) is 7.62. The summed E-state index contributed by atoms with van der Waals surface area (Å²) >= 11 is 1.36. The number of esters is 1. The molecule has 1 aliphatic rings.